The number of amides is 1. The van der Waals surface area contributed by atoms with E-state index in [9.17, 15) is 4.79 Å². The van der Waals surface area contributed by atoms with Crippen LogP contribution < -0.4 is 4.90 Å². The van der Waals surface area contributed by atoms with Crippen LogP contribution in [0.4, 0.5) is 5.69 Å². The van der Waals surface area contributed by atoms with Crippen molar-refractivity contribution in [1.29, 1.82) is 0 Å². The summed E-state index contributed by atoms with van der Waals surface area (Å²) < 4.78 is 0. The SMILES string of the molecule is CN(C)CC(=O)N(c1ccc(Cl)c(Cl)c1)C(CN1CCCC1)c1cccc(-c2ccc(Cl)cc2)c1. The largest absolute Gasteiger partial charge is 0.302 e. The number of benzene rings is 3. The number of carbonyl (C=O) groups excluding carboxylic acids is 1. The number of halogens is 3. The van der Waals surface area contributed by atoms with Gasteiger partial charge in [0, 0.05) is 17.3 Å². The smallest absolute Gasteiger partial charge is 0.241 e. The Labute approximate surface area is 223 Å². The normalized spacial score (nSPS) is 14.9. The van der Waals surface area contributed by atoms with Crippen LogP contribution in [0.1, 0.15) is 24.4 Å². The first-order chi connectivity index (χ1) is 16.8. The molecule has 3 aromatic carbocycles. The van der Waals surface area contributed by atoms with Gasteiger partial charge in [-0.15, -0.1) is 0 Å². The molecule has 1 aliphatic rings. The third kappa shape index (κ3) is 6.58. The third-order valence-electron chi connectivity index (χ3n) is 6.29. The highest BCUT2D eigenvalue weighted by atomic mass is 35.5. The molecule has 184 valence electrons. The Kier molecular flexibility index (Phi) is 8.74. The van der Waals surface area contributed by atoms with Gasteiger partial charge in [-0.1, -0.05) is 65.1 Å². The van der Waals surface area contributed by atoms with Gasteiger partial charge < -0.3 is 14.7 Å². The summed E-state index contributed by atoms with van der Waals surface area (Å²) >= 11 is 18.7. The molecule has 7 heteroatoms. The molecule has 1 amide bonds. The number of hydrogen-bond acceptors (Lipinski definition) is 3. The Morgan fingerprint density at radius 2 is 1.60 bits per heavy atom. The molecule has 0 spiro atoms. The van der Waals surface area contributed by atoms with Gasteiger partial charge in [0.05, 0.1) is 22.6 Å². The van der Waals surface area contributed by atoms with Crippen molar-refractivity contribution in [3.8, 4) is 11.1 Å². The van der Waals surface area contributed by atoms with Crippen molar-refractivity contribution < 1.29 is 4.79 Å². The molecule has 0 aromatic heterocycles. The molecule has 1 aliphatic heterocycles. The number of likely N-dealkylation sites (N-methyl/N-ethyl adjacent to an activating group) is 1. The molecule has 1 fully saturated rings. The lowest BCUT2D eigenvalue weighted by Crippen LogP contribution is -2.44. The topological polar surface area (TPSA) is 26.8 Å². The van der Waals surface area contributed by atoms with Crippen LogP contribution in [-0.2, 0) is 4.79 Å². The quantitative estimate of drug-likeness (QED) is 0.312. The Morgan fingerprint density at radius 1 is 0.886 bits per heavy atom. The first-order valence-corrected chi connectivity index (χ1v) is 13.0. The fraction of sp³-hybridized carbons (Fsp3) is 0.321. The van der Waals surface area contributed by atoms with E-state index in [-0.39, 0.29) is 18.5 Å². The van der Waals surface area contributed by atoms with Gasteiger partial charge in [0.2, 0.25) is 5.91 Å². The summed E-state index contributed by atoms with van der Waals surface area (Å²) in [6, 6.07) is 21.5. The van der Waals surface area contributed by atoms with Crippen molar-refractivity contribution >= 4 is 46.4 Å². The molecule has 1 unspecified atom stereocenters. The van der Waals surface area contributed by atoms with Crippen LogP contribution in [-0.4, -0.2) is 56.0 Å². The molecule has 4 nitrogen and oxygen atoms in total. The molecule has 35 heavy (non-hydrogen) atoms. The highest BCUT2D eigenvalue weighted by molar-refractivity contribution is 6.42. The van der Waals surface area contributed by atoms with Gasteiger partial charge >= 0.3 is 0 Å². The molecule has 0 radical (unpaired) electrons. The Balaban J connectivity index is 1.80. The second-order valence-corrected chi connectivity index (χ2v) is 10.5. The molecule has 0 bridgehead atoms. The summed E-state index contributed by atoms with van der Waals surface area (Å²) in [5, 5.41) is 1.61. The van der Waals surface area contributed by atoms with E-state index in [0.717, 1.165) is 42.0 Å². The van der Waals surface area contributed by atoms with Crippen molar-refractivity contribution in [2.75, 3.05) is 45.2 Å². The molecule has 0 saturated carbocycles. The zero-order valence-electron chi connectivity index (χ0n) is 20.1. The van der Waals surface area contributed by atoms with E-state index in [1.165, 1.54) is 12.8 Å². The van der Waals surface area contributed by atoms with Crippen LogP contribution in [0.15, 0.2) is 66.7 Å². The second kappa shape index (κ2) is 11.8. The van der Waals surface area contributed by atoms with Crippen molar-refractivity contribution in [2.45, 2.75) is 18.9 Å². The van der Waals surface area contributed by atoms with Crippen LogP contribution in [0.5, 0.6) is 0 Å². The maximum Gasteiger partial charge on any atom is 0.241 e. The predicted octanol–water partition coefficient (Wildman–Crippen LogP) is 7.05. The van der Waals surface area contributed by atoms with Gasteiger partial charge in [-0.25, -0.2) is 0 Å². The van der Waals surface area contributed by atoms with E-state index in [0.29, 0.717) is 15.1 Å². The van der Waals surface area contributed by atoms with Gasteiger partial charge in [-0.05, 0) is 93.1 Å². The summed E-state index contributed by atoms with van der Waals surface area (Å²) in [6.45, 7) is 3.09. The average molecular weight is 531 g/mol. The first-order valence-electron chi connectivity index (χ1n) is 11.8. The summed E-state index contributed by atoms with van der Waals surface area (Å²) in [7, 11) is 3.81. The number of carbonyl (C=O) groups is 1. The van der Waals surface area contributed by atoms with Crippen molar-refractivity contribution in [2.24, 2.45) is 0 Å². The highest BCUT2D eigenvalue weighted by Gasteiger charge is 2.30. The lowest BCUT2D eigenvalue weighted by Gasteiger charge is -2.36. The fourth-order valence-corrected chi connectivity index (χ4v) is 5.01. The molecule has 1 atom stereocenters. The predicted molar refractivity (Wildman–Crippen MR) is 148 cm³/mol. The lowest BCUT2D eigenvalue weighted by atomic mass is 9.97. The molecule has 3 aromatic rings. The minimum atomic E-state index is -0.190. The van der Waals surface area contributed by atoms with Gasteiger partial charge in [0.1, 0.15) is 0 Å². The molecular weight excluding hydrogens is 501 g/mol. The van der Waals surface area contributed by atoms with Gasteiger partial charge in [0.25, 0.3) is 0 Å². The first kappa shape index (κ1) is 26.0. The van der Waals surface area contributed by atoms with Crippen LogP contribution in [0.2, 0.25) is 15.1 Å². The third-order valence-corrected chi connectivity index (χ3v) is 7.28. The molecular formula is C28H30Cl3N3O. The minimum absolute atomic E-state index is 0.00878. The fourth-order valence-electron chi connectivity index (χ4n) is 4.59. The number of rotatable bonds is 8. The van der Waals surface area contributed by atoms with Crippen LogP contribution >= 0.6 is 34.8 Å². The van der Waals surface area contributed by atoms with Crippen molar-refractivity contribution in [3.05, 3.63) is 87.4 Å². The summed E-state index contributed by atoms with van der Waals surface area (Å²) in [5.74, 6) is 0.00878. The van der Waals surface area contributed by atoms with Gasteiger partial charge in [0.15, 0.2) is 0 Å². The molecule has 0 N–H and O–H groups in total. The minimum Gasteiger partial charge on any atom is -0.302 e. The van der Waals surface area contributed by atoms with E-state index < -0.39 is 0 Å². The van der Waals surface area contributed by atoms with E-state index in [1.54, 1.807) is 12.1 Å². The van der Waals surface area contributed by atoms with E-state index in [2.05, 4.69) is 29.2 Å². The average Bonchev–Trinajstić information content (AvgIpc) is 3.34. The molecule has 1 saturated heterocycles. The van der Waals surface area contributed by atoms with E-state index in [4.69, 9.17) is 34.8 Å². The van der Waals surface area contributed by atoms with Crippen molar-refractivity contribution in [3.63, 3.8) is 0 Å². The summed E-state index contributed by atoms with van der Waals surface area (Å²) in [5.41, 5.74) is 3.98. The number of likely N-dealkylation sites (tertiary alicyclic amines) is 1. The highest BCUT2D eigenvalue weighted by Crippen LogP contribution is 2.35. The Bertz CT molecular complexity index is 1160. The van der Waals surface area contributed by atoms with Crippen LogP contribution in [0.25, 0.3) is 11.1 Å². The van der Waals surface area contributed by atoms with Gasteiger partial charge in [-0.3, -0.25) is 4.79 Å². The Morgan fingerprint density at radius 3 is 2.26 bits per heavy atom. The van der Waals surface area contributed by atoms with E-state index >= 15 is 0 Å². The van der Waals surface area contributed by atoms with Crippen LogP contribution in [0.3, 0.4) is 0 Å². The van der Waals surface area contributed by atoms with Crippen molar-refractivity contribution in [1.82, 2.24) is 9.80 Å². The summed E-state index contributed by atoms with van der Waals surface area (Å²) in [6.07, 6.45) is 2.35. The standard InChI is InChI=1S/C28H30Cl3N3O/c1-32(2)19-28(35)34(24-12-13-25(30)26(31)17-24)27(18-33-14-3-4-15-33)22-7-5-6-21(16-22)20-8-10-23(29)11-9-20/h5-13,16-17,27H,3-4,14-15,18-19H2,1-2H3. The molecule has 1 heterocycles. The maximum absolute atomic E-state index is 13.7. The second-order valence-electron chi connectivity index (χ2n) is 9.26. The zero-order chi connectivity index (χ0) is 24.9. The zero-order valence-corrected chi connectivity index (χ0v) is 22.3. The van der Waals surface area contributed by atoms with Crippen LogP contribution in [0, 0.1) is 0 Å². The number of hydrogen-bond donors (Lipinski definition) is 0. The van der Waals surface area contributed by atoms with Gasteiger partial charge in [-0.2, -0.15) is 0 Å². The monoisotopic (exact) mass is 529 g/mol. The molecule has 4 rings (SSSR count). The molecule has 0 aliphatic carbocycles. The lowest BCUT2D eigenvalue weighted by molar-refractivity contribution is -0.119. The maximum atomic E-state index is 13.7. The number of nitrogens with zero attached hydrogens (tertiary/aromatic N) is 3. The Hall–Kier alpha value is -2.08. The van der Waals surface area contributed by atoms with E-state index in [1.807, 2.05) is 54.2 Å². The number of anilines is 1. The summed E-state index contributed by atoms with van der Waals surface area (Å²) in [4.78, 5) is 19.9.